The van der Waals surface area contributed by atoms with Gasteiger partial charge in [-0.2, -0.15) is 0 Å². The Morgan fingerprint density at radius 3 is 2.50 bits per heavy atom. The summed E-state index contributed by atoms with van der Waals surface area (Å²) in [4.78, 5) is 18.6. The number of rotatable bonds is 6. The predicted octanol–water partition coefficient (Wildman–Crippen LogP) is 2.47. The van der Waals surface area contributed by atoms with Crippen molar-refractivity contribution in [3.05, 3.63) is 29.6 Å². The average molecular weight is 399 g/mol. The molecule has 1 aliphatic heterocycles. The van der Waals surface area contributed by atoms with Crippen LogP contribution in [0, 0.1) is 17.5 Å². The zero-order chi connectivity index (χ0) is 20.7. The first kappa shape index (κ1) is 22.0. The van der Waals surface area contributed by atoms with Gasteiger partial charge >= 0.3 is 0 Å². The summed E-state index contributed by atoms with van der Waals surface area (Å²) < 4.78 is 39.8. The molecular weight excluding hydrogens is 371 g/mol. The van der Waals surface area contributed by atoms with Gasteiger partial charge in [0.25, 0.3) is 0 Å². The van der Waals surface area contributed by atoms with Gasteiger partial charge in [0.05, 0.1) is 5.69 Å². The maximum absolute atomic E-state index is 13.6. The fraction of sp³-hybridized carbons (Fsp3) is 0.579. The Balaban J connectivity index is 1.91. The number of halogens is 3. The van der Waals surface area contributed by atoms with E-state index in [1.165, 1.54) is 0 Å². The molecule has 0 saturated carbocycles. The maximum atomic E-state index is 13.6. The van der Waals surface area contributed by atoms with Gasteiger partial charge in [0.1, 0.15) is 6.54 Å². The van der Waals surface area contributed by atoms with Gasteiger partial charge < -0.3 is 20.9 Å². The Morgan fingerprint density at radius 2 is 1.89 bits per heavy atom. The molecule has 9 heteroatoms. The minimum Gasteiger partial charge on any atom is -0.357 e. The van der Waals surface area contributed by atoms with Crippen molar-refractivity contribution in [3.8, 4) is 0 Å². The Hall–Kier alpha value is -2.29. The first-order valence-corrected chi connectivity index (χ1v) is 9.54. The Bertz CT molecular complexity index is 703. The van der Waals surface area contributed by atoms with E-state index in [0.29, 0.717) is 18.5 Å². The zero-order valence-electron chi connectivity index (χ0n) is 16.5. The van der Waals surface area contributed by atoms with Crippen molar-refractivity contribution in [3.63, 3.8) is 0 Å². The molecule has 1 amide bonds. The number of benzene rings is 1. The SMILES string of the molecule is CCNC(=NCC(=O)Nc1ccc(F)c(F)c1F)NC1CCN(C(C)C)CC1. The van der Waals surface area contributed by atoms with Crippen molar-refractivity contribution in [2.24, 2.45) is 4.99 Å². The Labute approximate surface area is 163 Å². The van der Waals surface area contributed by atoms with Gasteiger partial charge in [-0.25, -0.2) is 18.2 Å². The molecule has 0 radical (unpaired) electrons. The first-order valence-electron chi connectivity index (χ1n) is 9.54. The second kappa shape index (κ2) is 10.3. The van der Waals surface area contributed by atoms with Crippen LogP contribution >= 0.6 is 0 Å². The number of anilines is 1. The van der Waals surface area contributed by atoms with Crippen LogP contribution in [-0.2, 0) is 4.79 Å². The van der Waals surface area contributed by atoms with Gasteiger partial charge in [-0.05, 0) is 45.7 Å². The zero-order valence-corrected chi connectivity index (χ0v) is 16.5. The molecule has 2 rings (SSSR count). The fourth-order valence-corrected chi connectivity index (χ4v) is 3.04. The third-order valence-electron chi connectivity index (χ3n) is 4.63. The number of likely N-dealkylation sites (tertiary alicyclic amines) is 1. The molecule has 0 aliphatic carbocycles. The van der Waals surface area contributed by atoms with E-state index < -0.39 is 29.0 Å². The molecule has 28 heavy (non-hydrogen) atoms. The van der Waals surface area contributed by atoms with Gasteiger partial charge in [-0.1, -0.05) is 0 Å². The average Bonchev–Trinajstić information content (AvgIpc) is 2.67. The predicted molar refractivity (Wildman–Crippen MR) is 104 cm³/mol. The summed E-state index contributed by atoms with van der Waals surface area (Å²) in [6.07, 6.45) is 1.93. The minimum absolute atomic E-state index is 0.250. The van der Waals surface area contributed by atoms with E-state index in [4.69, 9.17) is 0 Å². The van der Waals surface area contributed by atoms with Crippen LogP contribution in [0.4, 0.5) is 18.9 Å². The molecule has 3 N–H and O–H groups in total. The molecule has 0 bridgehead atoms. The highest BCUT2D eigenvalue weighted by atomic mass is 19.2. The van der Waals surface area contributed by atoms with E-state index in [0.717, 1.165) is 38.1 Å². The summed E-state index contributed by atoms with van der Waals surface area (Å²) in [6.45, 7) is 8.58. The highest BCUT2D eigenvalue weighted by molar-refractivity contribution is 5.94. The lowest BCUT2D eigenvalue weighted by Crippen LogP contribution is -2.50. The van der Waals surface area contributed by atoms with Crippen LogP contribution in [0.3, 0.4) is 0 Å². The third-order valence-corrected chi connectivity index (χ3v) is 4.63. The quantitative estimate of drug-likeness (QED) is 0.391. The second-order valence-corrected chi connectivity index (χ2v) is 7.01. The second-order valence-electron chi connectivity index (χ2n) is 7.01. The molecule has 0 aromatic heterocycles. The van der Waals surface area contributed by atoms with Crippen LogP contribution in [0.1, 0.15) is 33.6 Å². The van der Waals surface area contributed by atoms with Crippen molar-refractivity contribution in [1.82, 2.24) is 15.5 Å². The molecule has 1 aliphatic rings. The lowest BCUT2D eigenvalue weighted by atomic mass is 10.0. The number of carbonyl (C=O) groups excluding carboxylic acids is 1. The van der Waals surface area contributed by atoms with E-state index in [1.54, 1.807) is 0 Å². The van der Waals surface area contributed by atoms with Crippen LogP contribution in [0.5, 0.6) is 0 Å². The summed E-state index contributed by atoms with van der Waals surface area (Å²) in [7, 11) is 0. The number of piperidine rings is 1. The molecule has 156 valence electrons. The third kappa shape index (κ3) is 6.12. The van der Waals surface area contributed by atoms with E-state index in [-0.39, 0.29) is 12.6 Å². The molecule has 6 nitrogen and oxygen atoms in total. The van der Waals surface area contributed by atoms with E-state index in [9.17, 15) is 18.0 Å². The normalized spacial score (nSPS) is 16.3. The number of amides is 1. The number of hydrogen-bond acceptors (Lipinski definition) is 3. The van der Waals surface area contributed by atoms with Crippen molar-refractivity contribution in [1.29, 1.82) is 0 Å². The lowest BCUT2D eigenvalue weighted by Gasteiger charge is -2.35. The molecule has 1 heterocycles. The van der Waals surface area contributed by atoms with Crippen LogP contribution in [0.2, 0.25) is 0 Å². The molecule has 1 aromatic rings. The summed E-state index contributed by atoms with van der Waals surface area (Å²) in [5.41, 5.74) is -0.418. The van der Waals surface area contributed by atoms with Crippen LogP contribution in [0.25, 0.3) is 0 Å². The number of nitrogens with zero attached hydrogens (tertiary/aromatic N) is 2. The monoisotopic (exact) mass is 399 g/mol. The molecule has 0 atom stereocenters. The number of nitrogens with one attached hydrogen (secondary N) is 3. The summed E-state index contributed by atoms with van der Waals surface area (Å²) in [5, 5.41) is 8.59. The number of aliphatic imine (C=N–C) groups is 1. The van der Waals surface area contributed by atoms with Gasteiger partial charge in [-0.15, -0.1) is 0 Å². The highest BCUT2D eigenvalue weighted by Crippen LogP contribution is 2.19. The number of hydrogen-bond donors (Lipinski definition) is 3. The summed E-state index contributed by atoms with van der Waals surface area (Å²) >= 11 is 0. The number of carbonyl (C=O) groups is 1. The molecular formula is C19H28F3N5O. The van der Waals surface area contributed by atoms with E-state index >= 15 is 0 Å². The van der Waals surface area contributed by atoms with Crippen molar-refractivity contribution in [2.45, 2.75) is 45.7 Å². The van der Waals surface area contributed by atoms with Crippen LogP contribution in [0.15, 0.2) is 17.1 Å². The van der Waals surface area contributed by atoms with Crippen LogP contribution in [-0.4, -0.2) is 55.0 Å². The smallest absolute Gasteiger partial charge is 0.246 e. The van der Waals surface area contributed by atoms with E-state index in [1.807, 2.05) is 6.92 Å². The fourth-order valence-electron chi connectivity index (χ4n) is 3.04. The summed E-state index contributed by atoms with van der Waals surface area (Å²) in [5.74, 6) is -4.50. The largest absolute Gasteiger partial charge is 0.357 e. The molecule has 0 unspecified atom stereocenters. The Morgan fingerprint density at radius 1 is 1.21 bits per heavy atom. The van der Waals surface area contributed by atoms with Crippen molar-refractivity contribution in [2.75, 3.05) is 31.5 Å². The standard InChI is InChI=1S/C19H28F3N5O/c1-4-23-19(25-13-7-9-27(10-8-13)12(2)3)24-11-16(28)26-15-6-5-14(20)17(21)18(15)22/h5-6,12-13H,4,7-11H2,1-3H3,(H,26,28)(H2,23,24,25). The first-order chi connectivity index (χ1) is 13.3. The van der Waals surface area contributed by atoms with Gasteiger partial charge in [0.15, 0.2) is 23.4 Å². The van der Waals surface area contributed by atoms with Crippen molar-refractivity contribution < 1.29 is 18.0 Å². The maximum Gasteiger partial charge on any atom is 0.246 e. The summed E-state index contributed by atoms with van der Waals surface area (Å²) in [6, 6.07) is 2.50. The van der Waals surface area contributed by atoms with E-state index in [2.05, 4.69) is 39.7 Å². The van der Waals surface area contributed by atoms with Gasteiger partial charge in [0, 0.05) is 31.7 Å². The molecule has 1 saturated heterocycles. The van der Waals surface area contributed by atoms with Gasteiger partial charge in [0.2, 0.25) is 5.91 Å². The highest BCUT2D eigenvalue weighted by Gasteiger charge is 2.21. The van der Waals surface area contributed by atoms with Crippen LogP contribution < -0.4 is 16.0 Å². The van der Waals surface area contributed by atoms with Crippen molar-refractivity contribution >= 4 is 17.6 Å². The molecule has 1 fully saturated rings. The topological polar surface area (TPSA) is 68.8 Å². The lowest BCUT2D eigenvalue weighted by molar-refractivity contribution is -0.114. The Kier molecular flexibility index (Phi) is 8.10. The van der Waals surface area contributed by atoms with Gasteiger partial charge in [-0.3, -0.25) is 4.79 Å². The molecule has 0 spiro atoms. The minimum atomic E-state index is -1.62. The molecule has 1 aromatic carbocycles. The number of guanidine groups is 1.